The van der Waals surface area contributed by atoms with Gasteiger partial charge in [-0.2, -0.15) is 0 Å². The molecule has 0 saturated heterocycles. The molecule has 1 rings (SSSR count). The third-order valence-electron chi connectivity index (χ3n) is 2.49. The number of nitrogens with zero attached hydrogens (tertiary/aromatic N) is 1. The lowest BCUT2D eigenvalue weighted by Crippen LogP contribution is -2.17. The molecule has 0 aliphatic carbocycles. The van der Waals surface area contributed by atoms with E-state index in [-0.39, 0.29) is 16.7 Å². The molecule has 106 valence electrons. The van der Waals surface area contributed by atoms with Gasteiger partial charge in [0.2, 0.25) is 0 Å². The van der Waals surface area contributed by atoms with Crippen LogP contribution in [0.1, 0.15) is 25.8 Å². The second-order valence-electron chi connectivity index (χ2n) is 4.49. The van der Waals surface area contributed by atoms with Crippen LogP contribution >= 0.6 is 15.9 Å². The average molecular weight is 331 g/mol. The van der Waals surface area contributed by atoms with Gasteiger partial charge in [-0.3, -0.25) is 10.1 Å². The standard InChI is InChI=1S/C13H19BrN2O3/c1-10(2)19-7-3-6-15-9-11-4-5-12(14)13(8-11)16(17)18/h4-5,8,10,15H,3,6-7,9H2,1-2H3. The molecular formula is C13H19BrN2O3. The molecule has 19 heavy (non-hydrogen) atoms. The maximum absolute atomic E-state index is 10.8. The highest BCUT2D eigenvalue weighted by atomic mass is 79.9. The van der Waals surface area contributed by atoms with Crippen molar-refractivity contribution in [3.8, 4) is 0 Å². The summed E-state index contributed by atoms with van der Waals surface area (Å²) < 4.78 is 5.93. The highest BCUT2D eigenvalue weighted by Gasteiger charge is 2.11. The second-order valence-corrected chi connectivity index (χ2v) is 5.35. The lowest BCUT2D eigenvalue weighted by atomic mass is 10.2. The van der Waals surface area contributed by atoms with E-state index >= 15 is 0 Å². The molecule has 1 aromatic carbocycles. The SMILES string of the molecule is CC(C)OCCCNCc1ccc(Br)c([N+](=O)[O-])c1. The fraction of sp³-hybridized carbons (Fsp3) is 0.538. The number of nitro groups is 1. The zero-order valence-electron chi connectivity index (χ0n) is 11.2. The Morgan fingerprint density at radius 3 is 2.84 bits per heavy atom. The van der Waals surface area contributed by atoms with Gasteiger partial charge in [-0.25, -0.2) is 0 Å². The Hall–Kier alpha value is -0.980. The van der Waals surface area contributed by atoms with Crippen molar-refractivity contribution in [1.29, 1.82) is 0 Å². The topological polar surface area (TPSA) is 64.4 Å². The van der Waals surface area contributed by atoms with E-state index in [9.17, 15) is 10.1 Å². The molecule has 0 aromatic heterocycles. The van der Waals surface area contributed by atoms with Crippen LogP contribution < -0.4 is 5.32 Å². The van der Waals surface area contributed by atoms with Crippen molar-refractivity contribution in [2.45, 2.75) is 32.9 Å². The molecule has 0 amide bonds. The van der Waals surface area contributed by atoms with Crippen molar-refractivity contribution in [3.63, 3.8) is 0 Å². The number of nitro benzene ring substituents is 1. The molecule has 0 atom stereocenters. The lowest BCUT2D eigenvalue weighted by molar-refractivity contribution is -0.385. The number of ether oxygens (including phenoxy) is 1. The van der Waals surface area contributed by atoms with Gasteiger partial charge in [0.05, 0.1) is 15.5 Å². The van der Waals surface area contributed by atoms with Crippen LogP contribution in [0.3, 0.4) is 0 Å². The van der Waals surface area contributed by atoms with Crippen LogP contribution in [0.5, 0.6) is 0 Å². The van der Waals surface area contributed by atoms with Gasteiger partial charge in [0.1, 0.15) is 0 Å². The zero-order chi connectivity index (χ0) is 14.3. The molecular weight excluding hydrogens is 312 g/mol. The normalized spacial score (nSPS) is 10.9. The van der Waals surface area contributed by atoms with Crippen molar-refractivity contribution in [2.24, 2.45) is 0 Å². The first-order valence-corrected chi connectivity index (χ1v) is 7.05. The molecule has 1 N–H and O–H groups in total. The van der Waals surface area contributed by atoms with E-state index in [0.717, 1.165) is 25.1 Å². The minimum absolute atomic E-state index is 0.0995. The average Bonchev–Trinajstić information content (AvgIpc) is 2.34. The number of rotatable bonds is 8. The third-order valence-corrected chi connectivity index (χ3v) is 3.16. The highest BCUT2D eigenvalue weighted by Crippen LogP contribution is 2.25. The third kappa shape index (κ3) is 6.13. The van der Waals surface area contributed by atoms with Crippen molar-refractivity contribution in [3.05, 3.63) is 38.3 Å². The number of nitrogens with one attached hydrogen (secondary N) is 1. The summed E-state index contributed by atoms with van der Waals surface area (Å²) in [6, 6.07) is 5.16. The molecule has 0 bridgehead atoms. The monoisotopic (exact) mass is 330 g/mol. The molecule has 0 unspecified atom stereocenters. The maximum Gasteiger partial charge on any atom is 0.283 e. The van der Waals surface area contributed by atoms with Gasteiger partial charge in [0.25, 0.3) is 5.69 Å². The highest BCUT2D eigenvalue weighted by molar-refractivity contribution is 9.10. The summed E-state index contributed by atoms with van der Waals surface area (Å²) in [5.74, 6) is 0. The van der Waals surface area contributed by atoms with E-state index in [1.165, 1.54) is 0 Å². The van der Waals surface area contributed by atoms with Crippen molar-refractivity contribution >= 4 is 21.6 Å². The Kier molecular flexibility index (Phi) is 6.97. The molecule has 0 aliphatic rings. The minimum Gasteiger partial charge on any atom is -0.379 e. The van der Waals surface area contributed by atoms with Gasteiger partial charge in [-0.05, 0) is 54.4 Å². The summed E-state index contributed by atoms with van der Waals surface area (Å²) in [5, 5.41) is 14.0. The van der Waals surface area contributed by atoms with Crippen LogP contribution in [0.15, 0.2) is 22.7 Å². The van der Waals surface area contributed by atoms with Gasteiger partial charge in [0.15, 0.2) is 0 Å². The second kappa shape index (κ2) is 8.24. The zero-order valence-corrected chi connectivity index (χ0v) is 12.8. The molecule has 0 saturated carbocycles. The summed E-state index contributed by atoms with van der Waals surface area (Å²) in [6.45, 7) is 6.19. The van der Waals surface area contributed by atoms with E-state index < -0.39 is 0 Å². The van der Waals surface area contributed by atoms with Gasteiger partial charge < -0.3 is 10.1 Å². The summed E-state index contributed by atoms with van der Waals surface area (Å²) in [5.41, 5.74) is 1.00. The van der Waals surface area contributed by atoms with Crippen molar-refractivity contribution in [1.82, 2.24) is 5.32 Å². The number of benzene rings is 1. The van der Waals surface area contributed by atoms with Crippen LogP contribution in [0.25, 0.3) is 0 Å². The van der Waals surface area contributed by atoms with E-state index in [4.69, 9.17) is 4.74 Å². The van der Waals surface area contributed by atoms with Crippen LogP contribution in [0, 0.1) is 10.1 Å². The summed E-state index contributed by atoms with van der Waals surface area (Å²) in [4.78, 5) is 10.4. The molecule has 0 fully saturated rings. The predicted molar refractivity (Wildman–Crippen MR) is 78.2 cm³/mol. The van der Waals surface area contributed by atoms with Crippen LogP contribution in [0.4, 0.5) is 5.69 Å². The molecule has 0 heterocycles. The minimum atomic E-state index is -0.385. The summed E-state index contributed by atoms with van der Waals surface area (Å²) in [7, 11) is 0. The van der Waals surface area contributed by atoms with E-state index in [2.05, 4.69) is 21.2 Å². The van der Waals surface area contributed by atoms with E-state index in [1.807, 2.05) is 19.9 Å². The van der Waals surface area contributed by atoms with Crippen LogP contribution in [-0.2, 0) is 11.3 Å². The van der Waals surface area contributed by atoms with E-state index in [0.29, 0.717) is 11.0 Å². The number of halogens is 1. The summed E-state index contributed by atoms with van der Waals surface area (Å²) >= 11 is 3.17. The van der Waals surface area contributed by atoms with Gasteiger partial charge in [0, 0.05) is 19.2 Å². The molecule has 0 radical (unpaired) electrons. The number of hydrogen-bond donors (Lipinski definition) is 1. The Morgan fingerprint density at radius 1 is 1.47 bits per heavy atom. The van der Waals surface area contributed by atoms with Gasteiger partial charge in [-0.1, -0.05) is 6.07 Å². The van der Waals surface area contributed by atoms with E-state index in [1.54, 1.807) is 12.1 Å². The quantitative estimate of drug-likeness (QED) is 0.451. The molecule has 5 nitrogen and oxygen atoms in total. The van der Waals surface area contributed by atoms with Gasteiger partial charge >= 0.3 is 0 Å². The Labute approximate surface area is 121 Å². The Bertz CT molecular complexity index is 424. The first-order chi connectivity index (χ1) is 9.00. The molecule has 0 spiro atoms. The first kappa shape index (κ1) is 16.1. The van der Waals surface area contributed by atoms with Crippen molar-refractivity contribution < 1.29 is 9.66 Å². The lowest BCUT2D eigenvalue weighted by Gasteiger charge is -2.08. The Balaban J connectivity index is 2.34. The van der Waals surface area contributed by atoms with Crippen LogP contribution in [-0.4, -0.2) is 24.2 Å². The van der Waals surface area contributed by atoms with Crippen LogP contribution in [0.2, 0.25) is 0 Å². The fourth-order valence-corrected chi connectivity index (χ4v) is 1.95. The summed E-state index contributed by atoms with van der Waals surface area (Å²) in [6.07, 6.45) is 1.19. The fourth-order valence-electron chi connectivity index (χ4n) is 1.56. The number of hydrogen-bond acceptors (Lipinski definition) is 4. The van der Waals surface area contributed by atoms with Crippen molar-refractivity contribution in [2.75, 3.05) is 13.2 Å². The van der Waals surface area contributed by atoms with Gasteiger partial charge in [-0.15, -0.1) is 0 Å². The largest absolute Gasteiger partial charge is 0.379 e. The smallest absolute Gasteiger partial charge is 0.283 e. The Morgan fingerprint density at radius 2 is 2.21 bits per heavy atom. The first-order valence-electron chi connectivity index (χ1n) is 6.26. The molecule has 1 aromatic rings. The maximum atomic E-state index is 10.8. The molecule has 6 heteroatoms. The molecule has 0 aliphatic heterocycles. The predicted octanol–water partition coefficient (Wildman–Crippen LogP) is 3.26.